The number of anilines is 1. The first kappa shape index (κ1) is 17.0. The molecule has 1 aromatic heterocycles. The van der Waals surface area contributed by atoms with Gasteiger partial charge in [0.15, 0.2) is 0 Å². The molecule has 0 radical (unpaired) electrons. The number of aliphatic hydroxyl groups is 1. The Kier molecular flexibility index (Phi) is 4.56. The number of aromatic amines is 1. The van der Waals surface area contributed by atoms with Crippen LogP contribution < -0.4 is 16.0 Å². The van der Waals surface area contributed by atoms with E-state index in [-0.39, 0.29) is 11.1 Å². The number of benzene rings is 1. The van der Waals surface area contributed by atoms with Crippen LogP contribution in [0.25, 0.3) is 11.1 Å². The summed E-state index contributed by atoms with van der Waals surface area (Å²) in [6.45, 7) is -0.430. The highest BCUT2D eigenvalue weighted by Crippen LogP contribution is 2.32. The predicted molar refractivity (Wildman–Crippen MR) is 83.3 cm³/mol. The van der Waals surface area contributed by atoms with Crippen LogP contribution in [0, 0.1) is 0 Å². The molecule has 9 heteroatoms. The van der Waals surface area contributed by atoms with Crippen molar-refractivity contribution in [3.63, 3.8) is 0 Å². The van der Waals surface area contributed by atoms with Gasteiger partial charge in [-0.15, -0.1) is 0 Å². The Labute approximate surface area is 134 Å². The maximum Gasteiger partial charge on any atom is 0.342 e. The van der Waals surface area contributed by atoms with Gasteiger partial charge in [0, 0.05) is 11.1 Å². The average Bonchev–Trinajstić information content (AvgIpc) is 2.52. The van der Waals surface area contributed by atoms with E-state index in [1.54, 1.807) is 0 Å². The second-order valence-corrected chi connectivity index (χ2v) is 4.79. The first-order valence-corrected chi connectivity index (χ1v) is 6.62. The molecule has 2 aromatic rings. The fourth-order valence-corrected chi connectivity index (χ4v) is 2.39. The zero-order valence-electron chi connectivity index (χ0n) is 12.5. The fraction of sp³-hybridized carbons (Fsp3) is 0.133. The Morgan fingerprint density at radius 2 is 1.83 bits per heavy atom. The number of carboxylic acids is 2. The number of aliphatic hydroxyl groups excluding tert-OH is 1. The van der Waals surface area contributed by atoms with E-state index in [1.807, 2.05) is 4.98 Å². The Morgan fingerprint density at radius 1 is 1.21 bits per heavy atom. The molecule has 0 saturated carbocycles. The van der Waals surface area contributed by atoms with Crippen LogP contribution in [0.1, 0.15) is 26.3 Å². The predicted octanol–water partition coefficient (Wildman–Crippen LogP) is 0.521. The van der Waals surface area contributed by atoms with E-state index in [1.165, 1.54) is 25.3 Å². The molecule has 0 aliphatic heterocycles. The maximum atomic E-state index is 11.9. The van der Waals surface area contributed by atoms with Gasteiger partial charge in [0.2, 0.25) is 0 Å². The monoisotopic (exact) mass is 334 g/mol. The Morgan fingerprint density at radius 3 is 2.33 bits per heavy atom. The summed E-state index contributed by atoms with van der Waals surface area (Å²) in [6, 6.07) is 4.15. The van der Waals surface area contributed by atoms with Crippen molar-refractivity contribution in [2.45, 2.75) is 6.61 Å². The summed E-state index contributed by atoms with van der Waals surface area (Å²) in [5.74, 6) is -3.24. The lowest BCUT2D eigenvalue weighted by Crippen LogP contribution is -2.24. The SMILES string of the molecule is COc1ccc(-c2c(C(=O)O)c(N)[nH]c(=O)c2C(=O)O)cc1CO. The standard InChI is InChI=1S/C15H14N2O7/c1-24-8-3-2-6(4-7(8)5-18)9-10(14(20)21)12(16)17-13(19)11(9)15(22)23/h2-4,18H,5H2,1H3,(H,20,21)(H,22,23)(H3,16,17,19). The minimum Gasteiger partial charge on any atom is -0.496 e. The van der Waals surface area contributed by atoms with Gasteiger partial charge in [-0.2, -0.15) is 0 Å². The van der Waals surface area contributed by atoms with Gasteiger partial charge in [0.25, 0.3) is 5.56 Å². The lowest BCUT2D eigenvalue weighted by atomic mass is 9.94. The van der Waals surface area contributed by atoms with Gasteiger partial charge < -0.3 is 30.8 Å². The van der Waals surface area contributed by atoms with Crippen LogP contribution >= 0.6 is 0 Å². The molecule has 0 saturated heterocycles. The highest BCUT2D eigenvalue weighted by atomic mass is 16.5. The summed E-state index contributed by atoms with van der Waals surface area (Å²) in [5, 5.41) is 28.0. The van der Waals surface area contributed by atoms with Gasteiger partial charge in [-0.25, -0.2) is 9.59 Å². The van der Waals surface area contributed by atoms with Gasteiger partial charge >= 0.3 is 11.9 Å². The van der Waals surface area contributed by atoms with Crippen molar-refractivity contribution in [1.82, 2.24) is 4.98 Å². The molecule has 1 aromatic carbocycles. The van der Waals surface area contributed by atoms with Crippen LogP contribution in [-0.4, -0.2) is 39.4 Å². The molecule has 6 N–H and O–H groups in total. The number of hydrogen-bond donors (Lipinski definition) is 5. The van der Waals surface area contributed by atoms with E-state index >= 15 is 0 Å². The average molecular weight is 334 g/mol. The third kappa shape index (κ3) is 2.79. The van der Waals surface area contributed by atoms with Crippen molar-refractivity contribution < 1.29 is 29.6 Å². The Bertz CT molecular complexity index is 886. The normalized spacial score (nSPS) is 10.4. The molecular weight excluding hydrogens is 320 g/mol. The minimum absolute atomic E-state index is 0.104. The van der Waals surface area contributed by atoms with Crippen molar-refractivity contribution in [2.24, 2.45) is 0 Å². The van der Waals surface area contributed by atoms with Crippen molar-refractivity contribution in [3.05, 3.63) is 45.2 Å². The van der Waals surface area contributed by atoms with E-state index in [2.05, 4.69) is 0 Å². The number of H-pyrrole nitrogens is 1. The van der Waals surface area contributed by atoms with Crippen LogP contribution in [0.2, 0.25) is 0 Å². The number of rotatable bonds is 5. The number of hydrogen-bond acceptors (Lipinski definition) is 6. The summed E-state index contributed by atoms with van der Waals surface area (Å²) >= 11 is 0. The number of aromatic nitrogens is 1. The number of aromatic carboxylic acids is 2. The number of carbonyl (C=O) groups is 2. The number of nitrogens with one attached hydrogen (secondary N) is 1. The first-order valence-electron chi connectivity index (χ1n) is 6.62. The first-order chi connectivity index (χ1) is 11.3. The van der Waals surface area contributed by atoms with Crippen LogP contribution in [0.15, 0.2) is 23.0 Å². The van der Waals surface area contributed by atoms with E-state index in [0.717, 1.165) is 0 Å². The smallest absolute Gasteiger partial charge is 0.342 e. The molecule has 0 spiro atoms. The van der Waals surface area contributed by atoms with Gasteiger partial charge in [-0.05, 0) is 17.7 Å². The number of ether oxygens (including phenoxy) is 1. The third-order valence-electron chi connectivity index (χ3n) is 3.41. The molecule has 0 aliphatic rings. The number of pyridine rings is 1. The van der Waals surface area contributed by atoms with Crippen molar-refractivity contribution >= 4 is 17.8 Å². The molecule has 0 fully saturated rings. The van der Waals surface area contributed by atoms with Gasteiger partial charge in [0.1, 0.15) is 22.7 Å². The quantitative estimate of drug-likeness (QED) is 0.528. The van der Waals surface area contributed by atoms with Crippen molar-refractivity contribution in [2.75, 3.05) is 12.8 Å². The van der Waals surface area contributed by atoms with E-state index in [0.29, 0.717) is 11.3 Å². The van der Waals surface area contributed by atoms with E-state index < -0.39 is 41.0 Å². The highest BCUT2D eigenvalue weighted by Gasteiger charge is 2.26. The summed E-state index contributed by atoms with van der Waals surface area (Å²) in [7, 11) is 1.38. The Hall–Kier alpha value is -3.33. The lowest BCUT2D eigenvalue weighted by molar-refractivity contribution is 0.0695. The van der Waals surface area contributed by atoms with Crippen LogP contribution in [0.5, 0.6) is 5.75 Å². The minimum atomic E-state index is -1.60. The molecular formula is C15H14N2O7. The molecule has 2 rings (SSSR count). The number of nitrogens with two attached hydrogens (primary N) is 1. The topological polar surface area (TPSA) is 163 Å². The molecule has 1 heterocycles. The largest absolute Gasteiger partial charge is 0.496 e. The molecule has 0 bridgehead atoms. The second-order valence-electron chi connectivity index (χ2n) is 4.79. The summed E-state index contributed by atoms with van der Waals surface area (Å²) < 4.78 is 5.04. The van der Waals surface area contributed by atoms with E-state index in [9.17, 15) is 29.7 Å². The molecule has 126 valence electrons. The molecule has 0 atom stereocenters. The lowest BCUT2D eigenvalue weighted by Gasteiger charge is -2.14. The molecule has 0 aliphatic carbocycles. The summed E-state index contributed by atoms with van der Waals surface area (Å²) in [5.41, 5.74) is 3.29. The van der Waals surface area contributed by atoms with Crippen LogP contribution in [0.3, 0.4) is 0 Å². The van der Waals surface area contributed by atoms with Gasteiger partial charge in [0.05, 0.1) is 13.7 Å². The van der Waals surface area contributed by atoms with Crippen molar-refractivity contribution in [1.29, 1.82) is 0 Å². The Balaban J connectivity index is 2.94. The maximum absolute atomic E-state index is 11.9. The van der Waals surface area contributed by atoms with E-state index in [4.69, 9.17) is 10.5 Å². The zero-order chi connectivity index (χ0) is 18.0. The molecule has 9 nitrogen and oxygen atoms in total. The van der Waals surface area contributed by atoms with Crippen LogP contribution in [-0.2, 0) is 6.61 Å². The molecule has 24 heavy (non-hydrogen) atoms. The summed E-state index contributed by atoms with van der Waals surface area (Å²) in [4.78, 5) is 36.9. The molecule has 0 amide bonds. The van der Waals surface area contributed by atoms with Gasteiger partial charge in [-0.3, -0.25) is 4.79 Å². The number of nitrogen functional groups attached to an aromatic ring is 1. The zero-order valence-corrected chi connectivity index (χ0v) is 12.5. The van der Waals surface area contributed by atoms with Crippen LogP contribution in [0.4, 0.5) is 5.82 Å². The summed E-state index contributed by atoms with van der Waals surface area (Å²) in [6.07, 6.45) is 0. The molecule has 0 unspecified atom stereocenters. The van der Waals surface area contributed by atoms with Crippen molar-refractivity contribution in [3.8, 4) is 16.9 Å². The second kappa shape index (κ2) is 6.42. The highest BCUT2D eigenvalue weighted by molar-refractivity contribution is 6.07. The third-order valence-corrected chi connectivity index (χ3v) is 3.41. The fourth-order valence-electron chi connectivity index (χ4n) is 2.39. The van der Waals surface area contributed by atoms with Gasteiger partial charge in [-0.1, -0.05) is 6.07 Å². The number of methoxy groups -OCH3 is 1. The number of carboxylic acid groups (broad SMARTS) is 2.